The van der Waals surface area contributed by atoms with Crippen LogP contribution in [0.15, 0.2) is 48.5 Å². The van der Waals surface area contributed by atoms with Gasteiger partial charge in [0.2, 0.25) is 0 Å². The lowest BCUT2D eigenvalue weighted by Gasteiger charge is -2.39. The molecule has 2 saturated heterocycles. The third-order valence-electron chi connectivity index (χ3n) is 8.08. The molecule has 1 amide bonds. The molecule has 2 aromatic carbocycles. The van der Waals surface area contributed by atoms with Gasteiger partial charge < -0.3 is 19.8 Å². The molecule has 0 spiro atoms. The number of benzene rings is 2. The summed E-state index contributed by atoms with van der Waals surface area (Å²) in [5, 5.41) is 9.86. The van der Waals surface area contributed by atoms with Crippen LogP contribution in [0.25, 0.3) is 11.1 Å². The van der Waals surface area contributed by atoms with Crippen molar-refractivity contribution in [3.63, 3.8) is 0 Å². The quantitative estimate of drug-likeness (QED) is 0.499. The highest BCUT2D eigenvalue weighted by Crippen LogP contribution is 2.38. The second-order valence-corrected chi connectivity index (χ2v) is 11.7. The number of aliphatic hydroxyl groups is 1. The fourth-order valence-electron chi connectivity index (χ4n) is 5.50. The summed E-state index contributed by atoms with van der Waals surface area (Å²) in [7, 11) is 2.06. The Morgan fingerprint density at radius 3 is 2.08 bits per heavy atom. The SMILES string of the molecule is CN(CC1CCN(CC(C)(C)C(F)(F)F)CC1)c1ccc(-c2ccc(C(=O)N3CCCC(O)C3)cc2)cc1. The van der Waals surface area contributed by atoms with Gasteiger partial charge in [-0.25, -0.2) is 0 Å². The first kappa shape index (κ1) is 28.4. The first-order valence-corrected chi connectivity index (χ1v) is 13.6. The molecule has 1 N–H and O–H groups in total. The van der Waals surface area contributed by atoms with Crippen LogP contribution in [-0.2, 0) is 0 Å². The van der Waals surface area contributed by atoms with Crippen molar-refractivity contribution in [3.05, 3.63) is 54.1 Å². The summed E-state index contributed by atoms with van der Waals surface area (Å²) >= 11 is 0. The zero-order valence-corrected chi connectivity index (χ0v) is 22.7. The van der Waals surface area contributed by atoms with Gasteiger partial charge in [0.25, 0.3) is 5.91 Å². The van der Waals surface area contributed by atoms with E-state index in [1.54, 1.807) is 4.90 Å². The Morgan fingerprint density at radius 1 is 0.947 bits per heavy atom. The van der Waals surface area contributed by atoms with Crippen molar-refractivity contribution in [1.29, 1.82) is 0 Å². The van der Waals surface area contributed by atoms with E-state index in [4.69, 9.17) is 0 Å². The number of hydrogen-bond donors (Lipinski definition) is 1. The highest BCUT2D eigenvalue weighted by atomic mass is 19.4. The lowest BCUT2D eigenvalue weighted by molar-refractivity contribution is -0.217. The minimum absolute atomic E-state index is 0.0397. The van der Waals surface area contributed by atoms with Crippen molar-refractivity contribution >= 4 is 11.6 Å². The number of hydrogen-bond acceptors (Lipinski definition) is 4. The van der Waals surface area contributed by atoms with Crippen molar-refractivity contribution in [3.8, 4) is 11.1 Å². The lowest BCUT2D eigenvalue weighted by Crippen LogP contribution is -2.47. The molecule has 0 saturated carbocycles. The number of nitrogens with zero attached hydrogens (tertiary/aromatic N) is 3. The van der Waals surface area contributed by atoms with E-state index < -0.39 is 17.7 Å². The lowest BCUT2D eigenvalue weighted by atomic mass is 9.89. The highest BCUT2D eigenvalue weighted by molar-refractivity contribution is 5.94. The second-order valence-electron chi connectivity index (χ2n) is 11.7. The first-order chi connectivity index (χ1) is 17.9. The summed E-state index contributed by atoms with van der Waals surface area (Å²) in [5.74, 6) is 0.415. The molecule has 0 aromatic heterocycles. The Hall–Kier alpha value is -2.58. The fraction of sp³-hybridized carbons (Fsp3) is 0.567. The van der Waals surface area contributed by atoms with E-state index >= 15 is 0 Å². The molecule has 2 aliphatic heterocycles. The van der Waals surface area contributed by atoms with E-state index in [-0.39, 0.29) is 12.5 Å². The fourth-order valence-corrected chi connectivity index (χ4v) is 5.50. The van der Waals surface area contributed by atoms with E-state index in [1.807, 2.05) is 29.2 Å². The number of β-amino-alcohol motifs (C(OH)–C–C–N with tert-alkyl or cyclic N) is 1. The predicted molar refractivity (Wildman–Crippen MR) is 145 cm³/mol. The van der Waals surface area contributed by atoms with Crippen LogP contribution in [0.2, 0.25) is 0 Å². The van der Waals surface area contributed by atoms with Gasteiger partial charge in [0.05, 0.1) is 11.5 Å². The third-order valence-corrected chi connectivity index (χ3v) is 8.08. The minimum Gasteiger partial charge on any atom is -0.391 e. The van der Waals surface area contributed by atoms with Crippen LogP contribution in [-0.4, -0.2) is 79.4 Å². The average molecular weight is 532 g/mol. The van der Waals surface area contributed by atoms with Crippen LogP contribution in [0.4, 0.5) is 18.9 Å². The van der Waals surface area contributed by atoms with Crippen molar-refractivity contribution < 1.29 is 23.1 Å². The number of amides is 1. The Morgan fingerprint density at radius 2 is 1.53 bits per heavy atom. The minimum atomic E-state index is -4.19. The normalized spacial score (nSPS) is 20.0. The molecule has 0 bridgehead atoms. The summed E-state index contributed by atoms with van der Waals surface area (Å²) < 4.78 is 39.7. The molecule has 0 aliphatic carbocycles. The van der Waals surface area contributed by atoms with Crippen LogP contribution in [0, 0.1) is 11.3 Å². The largest absolute Gasteiger partial charge is 0.395 e. The molecule has 4 rings (SSSR count). The first-order valence-electron chi connectivity index (χ1n) is 13.6. The standard InChI is InChI=1S/C30H40F3N3O2/c1-29(2,30(31,32)33)21-35-17-14-22(15-18-35)19-34(3)26-12-10-24(11-13-26)23-6-8-25(9-7-23)28(38)36-16-4-5-27(37)20-36/h6-13,22,27,37H,4-5,14-21H2,1-3H3. The van der Waals surface area contributed by atoms with Gasteiger partial charge in [-0.2, -0.15) is 13.2 Å². The van der Waals surface area contributed by atoms with Gasteiger partial charge in [0.15, 0.2) is 0 Å². The van der Waals surface area contributed by atoms with Gasteiger partial charge in [0.1, 0.15) is 0 Å². The third kappa shape index (κ3) is 6.89. The van der Waals surface area contributed by atoms with Gasteiger partial charge in [-0.05, 0) is 93.9 Å². The Kier molecular flexibility index (Phi) is 8.72. The van der Waals surface area contributed by atoms with Gasteiger partial charge in [-0.15, -0.1) is 0 Å². The van der Waals surface area contributed by atoms with E-state index in [0.29, 0.717) is 37.7 Å². The molecule has 38 heavy (non-hydrogen) atoms. The molecule has 1 unspecified atom stereocenters. The van der Waals surface area contributed by atoms with E-state index in [9.17, 15) is 23.1 Å². The van der Waals surface area contributed by atoms with Crippen LogP contribution in [0.3, 0.4) is 0 Å². The molecular weight excluding hydrogens is 491 g/mol. The average Bonchev–Trinajstić information content (AvgIpc) is 2.89. The molecule has 2 heterocycles. The molecule has 1 atom stereocenters. The summed E-state index contributed by atoms with van der Waals surface area (Å²) in [6.45, 7) is 5.97. The number of alkyl halides is 3. The number of anilines is 1. The predicted octanol–water partition coefficient (Wildman–Crippen LogP) is 5.69. The Balaban J connectivity index is 1.28. The topological polar surface area (TPSA) is 47.0 Å². The monoisotopic (exact) mass is 531 g/mol. The van der Waals surface area contributed by atoms with Crippen molar-refractivity contribution in [2.45, 2.75) is 51.8 Å². The number of aliphatic hydroxyl groups excluding tert-OH is 1. The zero-order chi connectivity index (χ0) is 27.5. The maximum absolute atomic E-state index is 13.2. The molecule has 5 nitrogen and oxygen atoms in total. The summed E-state index contributed by atoms with van der Waals surface area (Å²) in [4.78, 5) is 18.7. The number of halogens is 3. The molecule has 0 radical (unpaired) electrons. The van der Waals surface area contributed by atoms with E-state index in [1.165, 1.54) is 13.8 Å². The maximum atomic E-state index is 13.2. The summed E-state index contributed by atoms with van der Waals surface area (Å²) in [6, 6.07) is 15.9. The number of piperidine rings is 2. The molecule has 208 valence electrons. The van der Waals surface area contributed by atoms with Crippen molar-refractivity contribution in [2.24, 2.45) is 11.3 Å². The van der Waals surface area contributed by atoms with Crippen molar-refractivity contribution in [2.75, 3.05) is 51.2 Å². The van der Waals surface area contributed by atoms with Crippen molar-refractivity contribution in [1.82, 2.24) is 9.80 Å². The van der Waals surface area contributed by atoms with Gasteiger partial charge >= 0.3 is 6.18 Å². The number of carbonyl (C=O) groups is 1. The second kappa shape index (κ2) is 11.7. The van der Waals surface area contributed by atoms with Gasteiger partial charge in [0, 0.05) is 44.5 Å². The highest BCUT2D eigenvalue weighted by Gasteiger charge is 2.48. The van der Waals surface area contributed by atoms with E-state index in [2.05, 4.69) is 36.2 Å². The molecule has 8 heteroatoms. The van der Waals surface area contributed by atoms with Crippen LogP contribution < -0.4 is 4.90 Å². The van der Waals surface area contributed by atoms with Crippen LogP contribution >= 0.6 is 0 Å². The van der Waals surface area contributed by atoms with Crippen LogP contribution in [0.5, 0.6) is 0 Å². The summed E-state index contributed by atoms with van der Waals surface area (Å²) in [6.07, 6.45) is -1.25. The Labute approximate surface area is 224 Å². The smallest absolute Gasteiger partial charge is 0.391 e. The number of rotatable bonds is 7. The van der Waals surface area contributed by atoms with Crippen LogP contribution in [0.1, 0.15) is 49.9 Å². The Bertz CT molecular complexity index is 1060. The molecule has 2 aromatic rings. The molecule has 2 fully saturated rings. The summed E-state index contributed by atoms with van der Waals surface area (Å²) in [5.41, 5.74) is 2.14. The number of carbonyl (C=O) groups excluding carboxylic acids is 1. The van der Waals surface area contributed by atoms with Gasteiger partial charge in [-0.3, -0.25) is 4.79 Å². The molecular formula is C30H40F3N3O2. The van der Waals surface area contributed by atoms with Gasteiger partial charge in [-0.1, -0.05) is 24.3 Å². The maximum Gasteiger partial charge on any atom is 0.395 e. The van der Waals surface area contributed by atoms with E-state index in [0.717, 1.165) is 49.0 Å². The molecule has 2 aliphatic rings. The zero-order valence-electron chi connectivity index (χ0n) is 22.7. The number of likely N-dealkylation sites (tertiary alicyclic amines) is 2.